The third-order valence-corrected chi connectivity index (χ3v) is 6.02. The van der Waals surface area contributed by atoms with Crippen molar-refractivity contribution in [3.05, 3.63) is 0 Å². The predicted octanol–water partition coefficient (Wildman–Crippen LogP) is 1.44. The molecule has 1 saturated carbocycles. The monoisotopic (exact) mass is 273 g/mol. The number of carbonyl (C=O) groups excluding carboxylic acids is 1. The molecule has 1 atom stereocenters. The van der Waals surface area contributed by atoms with Gasteiger partial charge < -0.3 is 4.74 Å². The molecule has 6 heteroatoms. The van der Waals surface area contributed by atoms with Crippen LogP contribution in [0.3, 0.4) is 0 Å². The summed E-state index contributed by atoms with van der Waals surface area (Å²) in [6, 6.07) is 1.91. The molecule has 1 aliphatic rings. The van der Waals surface area contributed by atoms with E-state index in [9.17, 15) is 13.2 Å². The van der Waals surface area contributed by atoms with Crippen LogP contribution < -0.4 is 0 Å². The highest BCUT2D eigenvalue weighted by atomic mass is 32.2. The summed E-state index contributed by atoms with van der Waals surface area (Å²) in [4.78, 5) is 11.2. The Bertz CT molecular complexity index is 445. The van der Waals surface area contributed by atoms with Crippen LogP contribution in [0.1, 0.15) is 39.0 Å². The minimum atomic E-state index is -3.31. The predicted molar refractivity (Wildman–Crippen MR) is 66.4 cm³/mol. The lowest BCUT2D eigenvalue weighted by atomic mass is 10.1. The lowest BCUT2D eigenvalue weighted by Gasteiger charge is -2.18. The van der Waals surface area contributed by atoms with Gasteiger partial charge in [-0.05, 0) is 24.7 Å². The lowest BCUT2D eigenvalue weighted by molar-refractivity contribution is -0.141. The molecule has 0 saturated heterocycles. The Kier molecular flexibility index (Phi) is 4.74. The van der Waals surface area contributed by atoms with Crippen LogP contribution in [0.4, 0.5) is 0 Å². The summed E-state index contributed by atoms with van der Waals surface area (Å²) in [7, 11) is -2.01. The van der Waals surface area contributed by atoms with E-state index in [1.807, 2.05) is 6.07 Å². The average Bonchev–Trinajstić information content (AvgIpc) is 3.03. The van der Waals surface area contributed by atoms with Gasteiger partial charge in [-0.15, -0.1) is 0 Å². The van der Waals surface area contributed by atoms with Gasteiger partial charge in [-0.25, -0.2) is 8.42 Å². The highest BCUT2D eigenvalue weighted by Crippen LogP contribution is 2.50. The highest BCUT2D eigenvalue weighted by Gasteiger charge is 2.49. The molecule has 0 heterocycles. The van der Waals surface area contributed by atoms with Gasteiger partial charge in [0.1, 0.15) is 0 Å². The van der Waals surface area contributed by atoms with Crippen molar-refractivity contribution in [1.29, 1.82) is 5.26 Å². The molecule has 1 unspecified atom stereocenters. The summed E-state index contributed by atoms with van der Waals surface area (Å²) in [6.45, 7) is 1.76. The molecule has 0 aliphatic heterocycles. The normalized spacial score (nSPS) is 18.7. The zero-order valence-corrected chi connectivity index (χ0v) is 11.6. The molecule has 0 radical (unpaired) electrons. The number of nitrogens with zero attached hydrogens (tertiary/aromatic N) is 1. The molecule has 5 nitrogen and oxygen atoms in total. The molecule has 0 N–H and O–H groups in total. The molecule has 1 aliphatic carbocycles. The Morgan fingerprint density at radius 1 is 1.50 bits per heavy atom. The summed E-state index contributed by atoms with van der Waals surface area (Å²) in [5.41, 5.74) is -0.436. The number of ether oxygens (including phenoxy) is 1. The summed E-state index contributed by atoms with van der Waals surface area (Å²) >= 11 is 0. The third-order valence-electron chi connectivity index (χ3n) is 3.49. The maximum atomic E-state index is 12.2. The van der Waals surface area contributed by atoms with Crippen LogP contribution in [0.2, 0.25) is 0 Å². The van der Waals surface area contributed by atoms with Crippen molar-refractivity contribution in [1.82, 2.24) is 0 Å². The van der Waals surface area contributed by atoms with Crippen LogP contribution >= 0.6 is 0 Å². The van der Waals surface area contributed by atoms with Gasteiger partial charge in [0.25, 0.3) is 0 Å². The highest BCUT2D eigenvalue weighted by molar-refractivity contribution is 7.92. The zero-order valence-electron chi connectivity index (χ0n) is 10.8. The zero-order chi connectivity index (χ0) is 13.8. The first-order valence-electron chi connectivity index (χ1n) is 6.04. The maximum Gasteiger partial charge on any atom is 0.306 e. The fraction of sp³-hybridized carbons (Fsp3) is 0.833. The Balaban J connectivity index is 2.71. The second kappa shape index (κ2) is 5.70. The van der Waals surface area contributed by atoms with Crippen LogP contribution in [0.5, 0.6) is 0 Å². The number of esters is 1. The van der Waals surface area contributed by atoms with Crippen molar-refractivity contribution in [2.24, 2.45) is 5.41 Å². The van der Waals surface area contributed by atoms with Gasteiger partial charge >= 0.3 is 5.97 Å². The molecule has 0 aromatic heterocycles. The Morgan fingerprint density at radius 3 is 2.50 bits per heavy atom. The molecule has 0 amide bonds. The molecule has 18 heavy (non-hydrogen) atoms. The molecule has 0 aromatic carbocycles. The fourth-order valence-corrected chi connectivity index (χ4v) is 4.42. The number of sulfone groups is 1. The van der Waals surface area contributed by atoms with E-state index in [1.165, 1.54) is 7.11 Å². The van der Waals surface area contributed by atoms with Crippen LogP contribution in [-0.4, -0.2) is 32.5 Å². The molecular weight excluding hydrogens is 254 g/mol. The van der Waals surface area contributed by atoms with Gasteiger partial charge in [0.2, 0.25) is 0 Å². The van der Waals surface area contributed by atoms with E-state index < -0.39 is 20.5 Å². The number of rotatable bonds is 7. The van der Waals surface area contributed by atoms with Gasteiger partial charge in [0.15, 0.2) is 9.84 Å². The average molecular weight is 273 g/mol. The summed E-state index contributed by atoms with van der Waals surface area (Å²) in [5.74, 6) is -0.369. The van der Waals surface area contributed by atoms with Crippen LogP contribution in [0.25, 0.3) is 0 Å². The van der Waals surface area contributed by atoms with Crippen molar-refractivity contribution < 1.29 is 17.9 Å². The Morgan fingerprint density at radius 2 is 2.11 bits per heavy atom. The first kappa shape index (κ1) is 15.0. The van der Waals surface area contributed by atoms with Crippen LogP contribution in [-0.2, 0) is 19.4 Å². The van der Waals surface area contributed by atoms with E-state index in [0.717, 1.165) is 12.8 Å². The van der Waals surface area contributed by atoms with Gasteiger partial charge in [0.05, 0.1) is 37.0 Å². The summed E-state index contributed by atoms with van der Waals surface area (Å²) in [5, 5.41) is 8.03. The molecule has 1 rings (SSSR count). The van der Waals surface area contributed by atoms with Crippen molar-refractivity contribution >= 4 is 15.8 Å². The van der Waals surface area contributed by atoms with Gasteiger partial charge in [-0.1, -0.05) is 6.92 Å². The second-order valence-corrected chi connectivity index (χ2v) is 7.23. The quantitative estimate of drug-likeness (QED) is 0.655. The van der Waals surface area contributed by atoms with Crippen LogP contribution in [0.15, 0.2) is 0 Å². The van der Waals surface area contributed by atoms with Gasteiger partial charge in [-0.2, -0.15) is 5.26 Å². The molecule has 0 bridgehead atoms. The summed E-state index contributed by atoms with van der Waals surface area (Å²) < 4.78 is 28.9. The standard InChI is InChI=1S/C12H19NO4S/c1-3-10(4-7-13)18(15,16)9-12(5-6-12)8-11(14)17-2/h10H,3-6,8-9H2,1-2H3. The molecule has 0 aromatic rings. The van der Waals surface area contributed by atoms with Gasteiger partial charge in [0, 0.05) is 0 Å². The minimum absolute atomic E-state index is 0.00468. The van der Waals surface area contributed by atoms with E-state index in [0.29, 0.717) is 6.42 Å². The van der Waals surface area contributed by atoms with Crippen molar-refractivity contribution in [2.75, 3.05) is 12.9 Å². The number of nitriles is 1. The van der Waals surface area contributed by atoms with E-state index in [-0.39, 0.29) is 24.6 Å². The first-order chi connectivity index (χ1) is 8.39. The molecule has 0 spiro atoms. The Hall–Kier alpha value is -1.09. The molecular formula is C12H19NO4S. The van der Waals surface area contributed by atoms with Gasteiger partial charge in [-0.3, -0.25) is 4.79 Å². The first-order valence-corrected chi connectivity index (χ1v) is 7.76. The van der Waals surface area contributed by atoms with E-state index in [4.69, 9.17) is 5.26 Å². The van der Waals surface area contributed by atoms with Crippen molar-refractivity contribution in [2.45, 2.75) is 44.3 Å². The van der Waals surface area contributed by atoms with Crippen molar-refractivity contribution in [3.63, 3.8) is 0 Å². The fourth-order valence-electron chi connectivity index (χ4n) is 2.10. The van der Waals surface area contributed by atoms with Crippen molar-refractivity contribution in [3.8, 4) is 6.07 Å². The summed E-state index contributed by atoms with van der Waals surface area (Å²) in [6.07, 6.45) is 2.09. The maximum absolute atomic E-state index is 12.2. The number of methoxy groups -OCH3 is 1. The number of hydrogen-bond donors (Lipinski definition) is 0. The Labute approximate surface area is 108 Å². The number of hydrogen-bond acceptors (Lipinski definition) is 5. The van der Waals surface area contributed by atoms with E-state index >= 15 is 0 Å². The topological polar surface area (TPSA) is 84.2 Å². The van der Waals surface area contributed by atoms with E-state index in [2.05, 4.69) is 4.74 Å². The molecule has 1 fully saturated rings. The SMILES string of the molecule is CCC(CC#N)S(=O)(=O)CC1(CC(=O)OC)CC1. The smallest absolute Gasteiger partial charge is 0.306 e. The minimum Gasteiger partial charge on any atom is -0.469 e. The largest absolute Gasteiger partial charge is 0.469 e. The third kappa shape index (κ3) is 3.70. The lowest BCUT2D eigenvalue weighted by Crippen LogP contribution is -2.29. The molecule has 102 valence electrons. The van der Waals surface area contributed by atoms with E-state index in [1.54, 1.807) is 6.92 Å². The number of carbonyl (C=O) groups is 1. The second-order valence-electron chi connectivity index (χ2n) is 4.95. The van der Waals surface area contributed by atoms with Crippen LogP contribution in [0, 0.1) is 16.7 Å².